The Bertz CT molecular complexity index is 202. The molecule has 1 heterocycles. The van der Waals surface area contributed by atoms with Crippen LogP contribution in [0.3, 0.4) is 0 Å². The minimum atomic E-state index is -0.125. The Morgan fingerprint density at radius 3 is 3.06 bits per heavy atom. The van der Waals surface area contributed by atoms with Crippen LogP contribution in [0.15, 0.2) is 0 Å². The molecule has 0 aromatic heterocycles. The summed E-state index contributed by atoms with van der Waals surface area (Å²) >= 11 is 0. The molecule has 2 atom stereocenters. The molecule has 0 aromatic carbocycles. The van der Waals surface area contributed by atoms with Crippen LogP contribution in [0.1, 0.15) is 39.5 Å². The first kappa shape index (κ1) is 13.5. The number of carbonyl (C=O) groups excluding carboxylic acids is 1. The molecule has 1 N–H and O–H groups in total. The molecule has 4 nitrogen and oxygen atoms in total. The zero-order valence-corrected chi connectivity index (χ0v) is 10.3. The Morgan fingerprint density at radius 1 is 1.62 bits per heavy atom. The normalized spacial score (nSPS) is 22.0. The molecule has 0 bridgehead atoms. The van der Waals surface area contributed by atoms with Gasteiger partial charge in [-0.05, 0) is 39.7 Å². The molecule has 16 heavy (non-hydrogen) atoms. The summed E-state index contributed by atoms with van der Waals surface area (Å²) in [6, 6.07) is 0.181. The van der Waals surface area contributed by atoms with Crippen molar-refractivity contribution in [2.24, 2.45) is 0 Å². The maximum Gasteiger partial charge on any atom is 0.307 e. The summed E-state index contributed by atoms with van der Waals surface area (Å²) in [5.74, 6) is -0.125. The van der Waals surface area contributed by atoms with Gasteiger partial charge < -0.3 is 14.8 Å². The van der Waals surface area contributed by atoms with E-state index < -0.39 is 0 Å². The molecule has 1 aliphatic heterocycles. The van der Waals surface area contributed by atoms with Crippen molar-refractivity contribution < 1.29 is 14.3 Å². The lowest BCUT2D eigenvalue weighted by atomic mass is 10.1. The maximum atomic E-state index is 11.2. The Labute approximate surface area is 97.7 Å². The fraction of sp³-hybridized carbons (Fsp3) is 0.917. The number of hydrogen-bond donors (Lipinski definition) is 1. The van der Waals surface area contributed by atoms with E-state index in [1.807, 2.05) is 13.8 Å². The smallest absolute Gasteiger partial charge is 0.307 e. The summed E-state index contributed by atoms with van der Waals surface area (Å²) in [6.07, 6.45) is 4.26. The topological polar surface area (TPSA) is 47.6 Å². The van der Waals surface area contributed by atoms with Gasteiger partial charge in [-0.1, -0.05) is 0 Å². The number of hydrogen-bond acceptors (Lipinski definition) is 4. The van der Waals surface area contributed by atoms with Crippen LogP contribution in [0.25, 0.3) is 0 Å². The highest BCUT2D eigenvalue weighted by molar-refractivity contribution is 5.69. The molecular weight excluding hydrogens is 206 g/mol. The average molecular weight is 229 g/mol. The highest BCUT2D eigenvalue weighted by Crippen LogP contribution is 2.14. The van der Waals surface area contributed by atoms with E-state index in [9.17, 15) is 4.79 Å². The molecule has 0 aliphatic carbocycles. The molecule has 1 saturated heterocycles. The highest BCUT2D eigenvalue weighted by atomic mass is 16.5. The summed E-state index contributed by atoms with van der Waals surface area (Å²) in [7, 11) is 0. The van der Waals surface area contributed by atoms with Crippen molar-refractivity contribution in [1.29, 1.82) is 0 Å². The lowest BCUT2D eigenvalue weighted by molar-refractivity contribution is -0.143. The van der Waals surface area contributed by atoms with Crippen LogP contribution in [-0.2, 0) is 14.3 Å². The minimum Gasteiger partial charge on any atom is -0.466 e. The van der Waals surface area contributed by atoms with Gasteiger partial charge in [-0.3, -0.25) is 4.79 Å². The van der Waals surface area contributed by atoms with Crippen molar-refractivity contribution in [3.05, 3.63) is 0 Å². The maximum absolute atomic E-state index is 11.2. The second-order valence-electron chi connectivity index (χ2n) is 4.29. The summed E-state index contributed by atoms with van der Waals surface area (Å²) in [5, 5.41) is 3.32. The monoisotopic (exact) mass is 229 g/mol. The highest BCUT2D eigenvalue weighted by Gasteiger charge is 2.15. The van der Waals surface area contributed by atoms with Crippen LogP contribution in [0, 0.1) is 0 Å². The molecule has 0 amide bonds. The summed E-state index contributed by atoms with van der Waals surface area (Å²) in [4.78, 5) is 11.2. The molecular formula is C12H23NO3. The average Bonchev–Trinajstić information content (AvgIpc) is 2.70. The van der Waals surface area contributed by atoms with E-state index in [1.165, 1.54) is 12.8 Å². The molecule has 0 spiro atoms. The van der Waals surface area contributed by atoms with Crippen LogP contribution < -0.4 is 5.32 Å². The molecule has 1 rings (SSSR count). The van der Waals surface area contributed by atoms with E-state index in [4.69, 9.17) is 9.47 Å². The van der Waals surface area contributed by atoms with Crippen molar-refractivity contribution in [3.8, 4) is 0 Å². The van der Waals surface area contributed by atoms with E-state index in [-0.39, 0.29) is 12.0 Å². The third-order valence-corrected chi connectivity index (χ3v) is 2.76. The lowest BCUT2D eigenvalue weighted by Crippen LogP contribution is -2.31. The Morgan fingerprint density at radius 2 is 2.44 bits per heavy atom. The molecule has 2 unspecified atom stereocenters. The summed E-state index contributed by atoms with van der Waals surface area (Å²) in [5.41, 5.74) is 0. The van der Waals surface area contributed by atoms with Crippen LogP contribution >= 0.6 is 0 Å². The second kappa shape index (κ2) is 7.63. The van der Waals surface area contributed by atoms with Gasteiger partial charge >= 0.3 is 5.97 Å². The van der Waals surface area contributed by atoms with Gasteiger partial charge in [-0.15, -0.1) is 0 Å². The molecule has 1 aliphatic rings. The Hall–Kier alpha value is -0.610. The number of ether oxygens (including phenoxy) is 2. The molecule has 0 radical (unpaired) electrons. The third-order valence-electron chi connectivity index (χ3n) is 2.76. The van der Waals surface area contributed by atoms with Crippen molar-refractivity contribution in [2.75, 3.05) is 19.8 Å². The standard InChI is InChI=1S/C12H23NO3/c1-3-15-12(14)9-10(2)13-7-6-11-5-4-8-16-11/h10-11,13H,3-9H2,1-2H3. The molecule has 0 saturated carbocycles. The van der Waals surface area contributed by atoms with Gasteiger partial charge in [-0.25, -0.2) is 0 Å². The van der Waals surface area contributed by atoms with E-state index in [0.717, 1.165) is 19.6 Å². The Kier molecular flexibility index (Phi) is 6.42. The fourth-order valence-electron chi connectivity index (χ4n) is 1.90. The van der Waals surface area contributed by atoms with Crippen molar-refractivity contribution in [2.45, 2.75) is 51.7 Å². The fourth-order valence-corrected chi connectivity index (χ4v) is 1.90. The molecule has 94 valence electrons. The van der Waals surface area contributed by atoms with Crippen molar-refractivity contribution >= 4 is 5.97 Å². The first-order valence-electron chi connectivity index (χ1n) is 6.23. The predicted molar refractivity (Wildman–Crippen MR) is 62.3 cm³/mol. The van der Waals surface area contributed by atoms with Gasteiger partial charge in [0.05, 0.1) is 19.1 Å². The molecule has 0 aromatic rings. The third kappa shape index (κ3) is 5.47. The quantitative estimate of drug-likeness (QED) is 0.672. The van der Waals surface area contributed by atoms with Crippen LogP contribution in [0.4, 0.5) is 0 Å². The zero-order valence-electron chi connectivity index (χ0n) is 10.3. The Balaban J connectivity index is 2.00. The van der Waals surface area contributed by atoms with Crippen LogP contribution in [0.2, 0.25) is 0 Å². The van der Waals surface area contributed by atoms with E-state index in [2.05, 4.69) is 5.32 Å². The first-order chi connectivity index (χ1) is 7.72. The van der Waals surface area contributed by atoms with Gasteiger partial charge in [0.25, 0.3) is 0 Å². The summed E-state index contributed by atoms with van der Waals surface area (Å²) in [6.45, 7) is 6.11. The molecule has 4 heteroatoms. The summed E-state index contributed by atoms with van der Waals surface area (Å²) < 4.78 is 10.4. The molecule has 1 fully saturated rings. The van der Waals surface area contributed by atoms with Crippen LogP contribution in [-0.4, -0.2) is 37.9 Å². The van der Waals surface area contributed by atoms with Crippen molar-refractivity contribution in [1.82, 2.24) is 5.32 Å². The van der Waals surface area contributed by atoms with Gasteiger partial charge in [0.1, 0.15) is 0 Å². The number of nitrogens with one attached hydrogen (secondary N) is 1. The SMILES string of the molecule is CCOC(=O)CC(C)NCCC1CCCO1. The van der Waals surface area contributed by atoms with Crippen molar-refractivity contribution in [3.63, 3.8) is 0 Å². The predicted octanol–water partition coefficient (Wildman–Crippen LogP) is 1.49. The minimum absolute atomic E-state index is 0.125. The van der Waals surface area contributed by atoms with Gasteiger partial charge in [-0.2, -0.15) is 0 Å². The van der Waals surface area contributed by atoms with Gasteiger partial charge in [0.15, 0.2) is 0 Å². The van der Waals surface area contributed by atoms with E-state index in [1.54, 1.807) is 0 Å². The zero-order chi connectivity index (χ0) is 11.8. The van der Waals surface area contributed by atoms with Gasteiger partial charge in [0.2, 0.25) is 0 Å². The second-order valence-corrected chi connectivity index (χ2v) is 4.29. The van der Waals surface area contributed by atoms with E-state index >= 15 is 0 Å². The largest absolute Gasteiger partial charge is 0.466 e. The number of rotatable bonds is 7. The lowest BCUT2D eigenvalue weighted by Gasteiger charge is -2.14. The van der Waals surface area contributed by atoms with Gasteiger partial charge in [0, 0.05) is 12.6 Å². The number of carbonyl (C=O) groups is 1. The first-order valence-corrected chi connectivity index (χ1v) is 6.23. The van der Waals surface area contributed by atoms with Crippen LogP contribution in [0.5, 0.6) is 0 Å². The number of esters is 1. The van der Waals surface area contributed by atoms with E-state index in [0.29, 0.717) is 19.1 Å².